The number of likely N-dealkylation sites (N-methyl/N-ethyl adjacent to an activating group) is 1. The van der Waals surface area contributed by atoms with Crippen LogP contribution in [0.2, 0.25) is 0 Å². The Hall–Kier alpha value is -1.26. The molecule has 0 aromatic carbocycles. The smallest absolute Gasteiger partial charge is 0.240 e. The van der Waals surface area contributed by atoms with E-state index < -0.39 is 10.0 Å². The minimum Gasteiger partial charge on any atom is -0.374 e. The lowest BCUT2D eigenvalue weighted by Gasteiger charge is -2.30. The molecule has 1 aliphatic heterocycles. The fourth-order valence-corrected chi connectivity index (χ4v) is 3.01. The van der Waals surface area contributed by atoms with Crippen molar-refractivity contribution in [1.82, 2.24) is 14.6 Å². The van der Waals surface area contributed by atoms with Crippen molar-refractivity contribution in [3.63, 3.8) is 0 Å². The van der Waals surface area contributed by atoms with Gasteiger partial charge >= 0.3 is 0 Å². The molecule has 1 atom stereocenters. The fourth-order valence-electron chi connectivity index (χ4n) is 1.93. The highest BCUT2D eigenvalue weighted by Crippen LogP contribution is 2.12. The lowest BCUT2D eigenvalue weighted by atomic mass is 10.3. The quantitative estimate of drug-likeness (QED) is 0.471. The summed E-state index contributed by atoms with van der Waals surface area (Å²) in [5.41, 5.74) is 2.32. The van der Waals surface area contributed by atoms with E-state index in [4.69, 9.17) is 10.6 Å². The van der Waals surface area contributed by atoms with Gasteiger partial charge in [-0.1, -0.05) is 0 Å². The molecule has 112 valence electrons. The Morgan fingerprint density at radius 1 is 1.60 bits per heavy atom. The Bertz CT molecular complexity index is 551. The molecule has 0 radical (unpaired) electrons. The van der Waals surface area contributed by atoms with Crippen LogP contribution in [-0.2, 0) is 14.8 Å². The Kier molecular flexibility index (Phi) is 4.89. The van der Waals surface area contributed by atoms with Crippen LogP contribution in [0.3, 0.4) is 0 Å². The number of sulfonamides is 1. The third kappa shape index (κ3) is 3.87. The third-order valence-corrected chi connectivity index (χ3v) is 4.45. The average molecular weight is 301 g/mol. The first-order chi connectivity index (χ1) is 9.51. The molecule has 1 aromatic rings. The molecule has 0 saturated carbocycles. The summed E-state index contributed by atoms with van der Waals surface area (Å²) < 4.78 is 32.3. The van der Waals surface area contributed by atoms with Gasteiger partial charge in [0.05, 0.1) is 17.6 Å². The summed E-state index contributed by atoms with van der Waals surface area (Å²) in [5, 5.41) is 0. The van der Waals surface area contributed by atoms with Gasteiger partial charge in [0, 0.05) is 31.9 Å². The summed E-state index contributed by atoms with van der Waals surface area (Å²) in [4.78, 5) is 6.09. The molecule has 9 heteroatoms. The molecule has 1 aromatic heterocycles. The molecule has 1 fully saturated rings. The van der Waals surface area contributed by atoms with Gasteiger partial charge in [-0.15, -0.1) is 0 Å². The molecular weight excluding hydrogens is 282 g/mol. The van der Waals surface area contributed by atoms with E-state index in [9.17, 15) is 8.42 Å². The van der Waals surface area contributed by atoms with E-state index in [2.05, 4.69) is 20.0 Å². The molecule has 2 rings (SSSR count). The molecule has 0 amide bonds. The van der Waals surface area contributed by atoms with E-state index >= 15 is 0 Å². The number of nitrogens with two attached hydrogens (primary N) is 1. The van der Waals surface area contributed by atoms with Gasteiger partial charge < -0.3 is 15.1 Å². The van der Waals surface area contributed by atoms with Gasteiger partial charge in [-0.2, -0.15) is 0 Å². The lowest BCUT2D eigenvalue weighted by molar-refractivity contribution is -0.0156. The number of ether oxygens (including phenoxy) is 1. The number of aromatic nitrogens is 1. The predicted molar refractivity (Wildman–Crippen MR) is 74.5 cm³/mol. The summed E-state index contributed by atoms with van der Waals surface area (Å²) in [6.07, 6.45) is 1.24. The van der Waals surface area contributed by atoms with E-state index in [0.29, 0.717) is 19.0 Å². The molecule has 4 N–H and O–H groups in total. The van der Waals surface area contributed by atoms with Crippen LogP contribution >= 0.6 is 0 Å². The Balaban J connectivity index is 1.99. The SMILES string of the molecule is CN1CCOC(CNS(=O)(=O)c2ccnc(NN)c2)C1. The predicted octanol–water partition coefficient (Wildman–Crippen LogP) is -1.02. The monoisotopic (exact) mass is 301 g/mol. The first-order valence-corrected chi connectivity index (χ1v) is 7.72. The average Bonchev–Trinajstić information content (AvgIpc) is 2.45. The van der Waals surface area contributed by atoms with Gasteiger partial charge in [0.25, 0.3) is 0 Å². The summed E-state index contributed by atoms with van der Waals surface area (Å²) in [5.74, 6) is 5.51. The van der Waals surface area contributed by atoms with Crippen LogP contribution in [0.1, 0.15) is 0 Å². The van der Waals surface area contributed by atoms with Crippen LogP contribution in [0.25, 0.3) is 0 Å². The highest BCUT2D eigenvalue weighted by Gasteiger charge is 2.21. The van der Waals surface area contributed by atoms with Crippen molar-refractivity contribution >= 4 is 15.8 Å². The minimum atomic E-state index is -3.59. The number of nitrogen functional groups attached to an aromatic ring is 1. The van der Waals surface area contributed by atoms with E-state index in [1.807, 2.05) is 7.05 Å². The van der Waals surface area contributed by atoms with Crippen molar-refractivity contribution in [1.29, 1.82) is 0 Å². The second-order valence-electron chi connectivity index (χ2n) is 4.63. The molecule has 0 bridgehead atoms. The first kappa shape index (κ1) is 15.1. The second-order valence-corrected chi connectivity index (χ2v) is 6.40. The number of morpholine rings is 1. The van der Waals surface area contributed by atoms with Gasteiger partial charge in [-0.25, -0.2) is 24.0 Å². The van der Waals surface area contributed by atoms with Crippen molar-refractivity contribution in [3.8, 4) is 0 Å². The number of hydrogen-bond donors (Lipinski definition) is 3. The molecule has 2 heterocycles. The topological polar surface area (TPSA) is 110 Å². The van der Waals surface area contributed by atoms with E-state index in [0.717, 1.165) is 6.54 Å². The molecule has 1 saturated heterocycles. The summed E-state index contributed by atoms with van der Waals surface area (Å²) in [6, 6.07) is 2.78. The van der Waals surface area contributed by atoms with E-state index in [-0.39, 0.29) is 17.5 Å². The Morgan fingerprint density at radius 3 is 3.10 bits per heavy atom. The van der Waals surface area contributed by atoms with Crippen LogP contribution in [-0.4, -0.2) is 57.7 Å². The highest BCUT2D eigenvalue weighted by atomic mass is 32.2. The van der Waals surface area contributed by atoms with Crippen molar-refractivity contribution in [2.24, 2.45) is 5.84 Å². The first-order valence-electron chi connectivity index (χ1n) is 6.24. The maximum Gasteiger partial charge on any atom is 0.240 e. The summed E-state index contributed by atoms with van der Waals surface area (Å²) >= 11 is 0. The summed E-state index contributed by atoms with van der Waals surface area (Å²) in [7, 11) is -1.62. The zero-order valence-corrected chi connectivity index (χ0v) is 12.1. The Labute approximate surface area is 118 Å². The fraction of sp³-hybridized carbons (Fsp3) is 0.545. The van der Waals surface area contributed by atoms with Gasteiger partial charge in [0.2, 0.25) is 10.0 Å². The van der Waals surface area contributed by atoms with Crippen LogP contribution in [0.5, 0.6) is 0 Å². The molecule has 1 aliphatic rings. The number of hydrazine groups is 1. The highest BCUT2D eigenvalue weighted by molar-refractivity contribution is 7.89. The number of anilines is 1. The maximum atomic E-state index is 12.1. The van der Waals surface area contributed by atoms with E-state index in [1.54, 1.807) is 0 Å². The standard InChI is InChI=1S/C11H19N5O3S/c1-16-4-5-19-9(8-16)7-14-20(17,18)10-2-3-13-11(6-10)15-12/h2-3,6,9,14H,4-5,7-8,12H2,1H3,(H,13,15). The van der Waals surface area contributed by atoms with Crippen LogP contribution < -0.4 is 16.0 Å². The lowest BCUT2D eigenvalue weighted by Crippen LogP contribution is -2.45. The maximum absolute atomic E-state index is 12.1. The van der Waals surface area contributed by atoms with Crippen molar-refractivity contribution in [3.05, 3.63) is 18.3 Å². The van der Waals surface area contributed by atoms with Crippen molar-refractivity contribution < 1.29 is 13.2 Å². The normalized spacial score (nSPS) is 20.8. The summed E-state index contributed by atoms with van der Waals surface area (Å²) in [6.45, 7) is 2.41. The number of pyridine rings is 1. The minimum absolute atomic E-state index is 0.115. The number of nitrogens with zero attached hydrogens (tertiary/aromatic N) is 2. The van der Waals surface area contributed by atoms with Gasteiger partial charge in [0.15, 0.2) is 0 Å². The zero-order chi connectivity index (χ0) is 14.6. The number of nitrogens with one attached hydrogen (secondary N) is 2. The number of rotatable bonds is 5. The third-order valence-electron chi connectivity index (χ3n) is 3.03. The zero-order valence-electron chi connectivity index (χ0n) is 11.2. The Morgan fingerprint density at radius 2 is 2.40 bits per heavy atom. The van der Waals surface area contributed by atoms with Gasteiger partial charge in [0.1, 0.15) is 5.82 Å². The molecule has 0 aliphatic carbocycles. The largest absolute Gasteiger partial charge is 0.374 e. The van der Waals surface area contributed by atoms with Gasteiger partial charge in [-0.3, -0.25) is 0 Å². The van der Waals surface area contributed by atoms with Gasteiger partial charge in [-0.05, 0) is 13.1 Å². The molecule has 8 nitrogen and oxygen atoms in total. The molecule has 0 spiro atoms. The molecular formula is C11H19N5O3S. The molecule has 1 unspecified atom stereocenters. The van der Waals surface area contributed by atoms with Crippen LogP contribution in [0.15, 0.2) is 23.2 Å². The van der Waals surface area contributed by atoms with Crippen LogP contribution in [0.4, 0.5) is 5.82 Å². The number of hydrogen-bond acceptors (Lipinski definition) is 7. The second kappa shape index (κ2) is 6.46. The molecule has 20 heavy (non-hydrogen) atoms. The van der Waals surface area contributed by atoms with E-state index in [1.165, 1.54) is 18.3 Å². The van der Waals surface area contributed by atoms with Crippen molar-refractivity contribution in [2.45, 2.75) is 11.0 Å². The van der Waals surface area contributed by atoms with Crippen LogP contribution in [0, 0.1) is 0 Å². The van der Waals surface area contributed by atoms with Crippen molar-refractivity contribution in [2.75, 3.05) is 38.7 Å².